The van der Waals surface area contributed by atoms with Crippen molar-refractivity contribution >= 4 is 0 Å². The number of hydrogen-bond acceptors (Lipinski definition) is 1. The molecule has 4 heteroatoms. The predicted octanol–water partition coefficient (Wildman–Crippen LogP) is 6.17. The molecule has 1 aromatic heterocycles. The van der Waals surface area contributed by atoms with Crippen molar-refractivity contribution in [2.75, 3.05) is 0 Å². The molecular weight excluding hydrogens is 354 g/mol. The van der Waals surface area contributed by atoms with E-state index in [4.69, 9.17) is 5.10 Å². The minimum Gasteiger partial charge on any atom is -0.233 e. The van der Waals surface area contributed by atoms with Gasteiger partial charge in [-0.25, -0.2) is 13.5 Å². The zero-order valence-corrected chi connectivity index (χ0v) is 15.2. The Hall–Kier alpha value is -3.27. The molecule has 0 aliphatic heterocycles. The highest BCUT2D eigenvalue weighted by atomic mass is 19.1. The van der Waals surface area contributed by atoms with Gasteiger partial charge in [-0.05, 0) is 66.6 Å². The van der Waals surface area contributed by atoms with Crippen molar-refractivity contribution in [1.29, 1.82) is 0 Å². The standard InChI is InChI=1S/C24H19F2N2/c1-2-22(18-7-6-8-20(26)15-18)23-16-24(17-11-13-19(25)14-12-17)28(27-23)21-9-4-3-5-10-21/h3-16,22H,1-2H2. The average molecular weight is 373 g/mol. The van der Waals surface area contributed by atoms with Crippen molar-refractivity contribution in [3.05, 3.63) is 115 Å². The second kappa shape index (κ2) is 7.77. The second-order valence-corrected chi connectivity index (χ2v) is 6.60. The van der Waals surface area contributed by atoms with E-state index in [9.17, 15) is 8.78 Å². The first-order valence-electron chi connectivity index (χ1n) is 9.12. The third kappa shape index (κ3) is 3.58. The Morgan fingerprint density at radius 3 is 2.25 bits per heavy atom. The number of rotatable bonds is 5. The van der Waals surface area contributed by atoms with Gasteiger partial charge in [-0.1, -0.05) is 37.3 Å². The van der Waals surface area contributed by atoms with Crippen LogP contribution in [0.2, 0.25) is 0 Å². The molecular formula is C24H19F2N2. The fourth-order valence-corrected chi connectivity index (χ4v) is 3.37. The van der Waals surface area contributed by atoms with Crippen LogP contribution >= 0.6 is 0 Å². The van der Waals surface area contributed by atoms with Crippen molar-refractivity contribution < 1.29 is 8.78 Å². The summed E-state index contributed by atoms with van der Waals surface area (Å²) in [6.45, 7) is 4.04. The van der Waals surface area contributed by atoms with E-state index in [1.165, 1.54) is 24.3 Å². The van der Waals surface area contributed by atoms with Crippen LogP contribution in [0.1, 0.15) is 23.6 Å². The smallest absolute Gasteiger partial charge is 0.123 e. The number of benzene rings is 3. The van der Waals surface area contributed by atoms with Crippen molar-refractivity contribution in [2.24, 2.45) is 0 Å². The molecule has 3 aromatic carbocycles. The minimum absolute atomic E-state index is 0.139. The number of para-hydroxylation sites is 1. The fraction of sp³-hybridized carbons (Fsp3) is 0.0833. The Balaban J connectivity index is 1.86. The van der Waals surface area contributed by atoms with E-state index in [1.54, 1.807) is 18.2 Å². The molecule has 0 N–H and O–H groups in total. The van der Waals surface area contributed by atoms with Crippen LogP contribution in [0.3, 0.4) is 0 Å². The van der Waals surface area contributed by atoms with E-state index in [1.807, 2.05) is 47.1 Å². The molecule has 1 heterocycles. The van der Waals surface area contributed by atoms with E-state index in [2.05, 4.69) is 6.92 Å². The highest BCUT2D eigenvalue weighted by Gasteiger charge is 2.20. The summed E-state index contributed by atoms with van der Waals surface area (Å²) >= 11 is 0. The highest BCUT2D eigenvalue weighted by Crippen LogP contribution is 2.32. The Morgan fingerprint density at radius 1 is 0.821 bits per heavy atom. The minimum atomic E-state index is -0.287. The molecule has 28 heavy (non-hydrogen) atoms. The van der Waals surface area contributed by atoms with Gasteiger partial charge in [0.15, 0.2) is 0 Å². The quantitative estimate of drug-likeness (QED) is 0.409. The number of aromatic nitrogens is 2. The van der Waals surface area contributed by atoms with Crippen LogP contribution in [-0.4, -0.2) is 9.78 Å². The molecule has 0 amide bonds. The molecule has 1 unspecified atom stereocenters. The number of hydrogen-bond donors (Lipinski definition) is 0. The molecule has 139 valence electrons. The fourth-order valence-electron chi connectivity index (χ4n) is 3.37. The van der Waals surface area contributed by atoms with Crippen molar-refractivity contribution in [1.82, 2.24) is 9.78 Å². The summed E-state index contributed by atoms with van der Waals surface area (Å²) in [5.41, 5.74) is 4.22. The molecule has 0 spiro atoms. The summed E-state index contributed by atoms with van der Waals surface area (Å²) in [6, 6.07) is 24.6. The van der Waals surface area contributed by atoms with E-state index in [0.717, 1.165) is 28.2 Å². The van der Waals surface area contributed by atoms with Crippen molar-refractivity contribution in [3.8, 4) is 16.9 Å². The van der Waals surface area contributed by atoms with Crippen LogP contribution < -0.4 is 0 Å². The summed E-state index contributed by atoms with van der Waals surface area (Å²) < 4.78 is 29.0. The highest BCUT2D eigenvalue weighted by molar-refractivity contribution is 5.63. The predicted molar refractivity (Wildman–Crippen MR) is 107 cm³/mol. The maximum absolute atomic E-state index is 13.8. The van der Waals surface area contributed by atoms with E-state index < -0.39 is 0 Å². The molecule has 0 fully saturated rings. The topological polar surface area (TPSA) is 17.8 Å². The molecule has 0 saturated carbocycles. The third-order valence-electron chi connectivity index (χ3n) is 4.77. The van der Waals surface area contributed by atoms with Gasteiger partial charge in [0.05, 0.1) is 17.1 Å². The van der Waals surface area contributed by atoms with Crippen LogP contribution in [0.5, 0.6) is 0 Å². The molecule has 0 bridgehead atoms. The first-order valence-corrected chi connectivity index (χ1v) is 9.12. The van der Waals surface area contributed by atoms with Crippen LogP contribution in [0, 0.1) is 18.6 Å². The summed E-state index contributed by atoms with van der Waals surface area (Å²) in [5, 5.41) is 4.82. The van der Waals surface area contributed by atoms with E-state index >= 15 is 0 Å². The normalized spacial score (nSPS) is 12.1. The molecule has 4 rings (SSSR count). The Bertz CT molecular complexity index is 1070. The van der Waals surface area contributed by atoms with E-state index in [0.29, 0.717) is 6.42 Å². The van der Waals surface area contributed by atoms with Crippen molar-refractivity contribution in [2.45, 2.75) is 12.3 Å². The van der Waals surface area contributed by atoms with Crippen LogP contribution in [0.25, 0.3) is 16.9 Å². The summed E-state index contributed by atoms with van der Waals surface area (Å²) in [5.74, 6) is -0.706. The largest absolute Gasteiger partial charge is 0.233 e. The monoisotopic (exact) mass is 373 g/mol. The molecule has 4 aromatic rings. The van der Waals surface area contributed by atoms with Crippen LogP contribution in [-0.2, 0) is 0 Å². The SMILES string of the molecule is [CH2]CC(c1cccc(F)c1)c1cc(-c2ccc(F)cc2)n(-c2ccccc2)n1. The third-order valence-corrected chi connectivity index (χ3v) is 4.77. The van der Waals surface area contributed by atoms with Gasteiger partial charge in [0.1, 0.15) is 11.6 Å². The molecule has 1 radical (unpaired) electrons. The zero-order chi connectivity index (χ0) is 19.5. The molecule has 0 aliphatic carbocycles. The number of halogens is 2. The molecule has 0 saturated heterocycles. The first kappa shape index (κ1) is 18.1. The lowest BCUT2D eigenvalue weighted by Crippen LogP contribution is -2.04. The van der Waals surface area contributed by atoms with Gasteiger partial charge in [-0.15, -0.1) is 0 Å². The summed E-state index contributed by atoms with van der Waals surface area (Å²) in [7, 11) is 0. The number of nitrogens with zero attached hydrogens (tertiary/aromatic N) is 2. The lowest BCUT2D eigenvalue weighted by molar-refractivity contribution is 0.622. The van der Waals surface area contributed by atoms with Gasteiger partial charge < -0.3 is 0 Å². The maximum Gasteiger partial charge on any atom is 0.123 e. The van der Waals surface area contributed by atoms with Crippen molar-refractivity contribution in [3.63, 3.8) is 0 Å². The maximum atomic E-state index is 13.8. The van der Waals surface area contributed by atoms with Gasteiger partial charge in [0.2, 0.25) is 0 Å². The Labute approximate surface area is 163 Å². The summed E-state index contributed by atoms with van der Waals surface area (Å²) in [6.07, 6.45) is 0.540. The zero-order valence-electron chi connectivity index (χ0n) is 15.2. The van der Waals surface area contributed by atoms with Crippen LogP contribution in [0.4, 0.5) is 8.78 Å². The summed E-state index contributed by atoms with van der Waals surface area (Å²) in [4.78, 5) is 0. The lowest BCUT2D eigenvalue weighted by Gasteiger charge is -2.12. The molecule has 2 nitrogen and oxygen atoms in total. The van der Waals surface area contributed by atoms with Gasteiger partial charge >= 0.3 is 0 Å². The van der Waals surface area contributed by atoms with Crippen LogP contribution in [0.15, 0.2) is 84.9 Å². The average Bonchev–Trinajstić information content (AvgIpc) is 3.15. The van der Waals surface area contributed by atoms with Gasteiger partial charge in [0.25, 0.3) is 0 Å². The van der Waals surface area contributed by atoms with E-state index in [-0.39, 0.29) is 17.6 Å². The lowest BCUT2D eigenvalue weighted by atomic mass is 9.93. The van der Waals surface area contributed by atoms with Gasteiger partial charge in [-0.3, -0.25) is 0 Å². The molecule has 0 aliphatic rings. The first-order chi connectivity index (χ1) is 13.7. The Morgan fingerprint density at radius 2 is 1.57 bits per heavy atom. The molecule has 1 atom stereocenters. The second-order valence-electron chi connectivity index (χ2n) is 6.60. The van der Waals surface area contributed by atoms with Gasteiger partial charge in [0, 0.05) is 11.5 Å². The van der Waals surface area contributed by atoms with Gasteiger partial charge in [-0.2, -0.15) is 5.10 Å². The Kier molecular flexibility index (Phi) is 5.02.